The van der Waals surface area contributed by atoms with Gasteiger partial charge in [-0.15, -0.1) is 0 Å². The molecule has 0 bridgehead atoms. The van der Waals surface area contributed by atoms with Crippen molar-refractivity contribution in [3.05, 3.63) is 42.1 Å². The van der Waals surface area contributed by atoms with Crippen molar-refractivity contribution >= 4 is 10.9 Å². The third-order valence-electron chi connectivity index (χ3n) is 3.08. The largest absolute Gasteiger partial charge is 0.310 e. The highest BCUT2D eigenvalue weighted by molar-refractivity contribution is 5.78. The van der Waals surface area contributed by atoms with Gasteiger partial charge in [0.15, 0.2) is 0 Å². The van der Waals surface area contributed by atoms with E-state index in [0.29, 0.717) is 12.0 Å². The molecule has 2 rings (SSSR count). The molecule has 0 amide bonds. The van der Waals surface area contributed by atoms with Crippen LogP contribution in [-0.4, -0.2) is 11.5 Å². The first-order valence-corrected chi connectivity index (χ1v) is 6.30. The Morgan fingerprint density at radius 1 is 1.24 bits per heavy atom. The minimum absolute atomic E-state index is 0.409. The number of fused-ring (bicyclic) bond motifs is 1. The van der Waals surface area contributed by atoms with Crippen LogP contribution in [0.4, 0.5) is 0 Å². The number of benzene rings is 1. The zero-order chi connectivity index (χ0) is 12.3. The molecule has 17 heavy (non-hydrogen) atoms. The minimum Gasteiger partial charge on any atom is -0.310 e. The van der Waals surface area contributed by atoms with Gasteiger partial charge in [-0.1, -0.05) is 39.0 Å². The van der Waals surface area contributed by atoms with E-state index in [1.807, 2.05) is 12.3 Å². The fourth-order valence-electron chi connectivity index (χ4n) is 2.24. The summed E-state index contributed by atoms with van der Waals surface area (Å²) in [5.74, 6) is 0.580. The Morgan fingerprint density at radius 2 is 2.06 bits per heavy atom. The SMILES string of the molecule is CCNC(c1ccc2cccnc2c1)C(C)C. The van der Waals surface area contributed by atoms with E-state index in [9.17, 15) is 0 Å². The van der Waals surface area contributed by atoms with Crippen LogP contribution in [0.5, 0.6) is 0 Å². The van der Waals surface area contributed by atoms with E-state index in [0.717, 1.165) is 12.1 Å². The Kier molecular flexibility index (Phi) is 3.75. The smallest absolute Gasteiger partial charge is 0.0705 e. The molecular weight excluding hydrogens is 208 g/mol. The van der Waals surface area contributed by atoms with Gasteiger partial charge in [0.05, 0.1) is 5.52 Å². The van der Waals surface area contributed by atoms with Crippen LogP contribution in [0.15, 0.2) is 36.5 Å². The summed E-state index contributed by atoms with van der Waals surface area (Å²) in [6.45, 7) is 7.63. The number of nitrogens with zero attached hydrogens (tertiary/aromatic N) is 1. The Labute approximate surface area is 103 Å². The van der Waals surface area contributed by atoms with Crippen molar-refractivity contribution in [3.8, 4) is 0 Å². The van der Waals surface area contributed by atoms with Crippen molar-refractivity contribution in [1.82, 2.24) is 10.3 Å². The highest BCUT2D eigenvalue weighted by atomic mass is 14.9. The van der Waals surface area contributed by atoms with Crippen LogP contribution in [0.3, 0.4) is 0 Å². The molecule has 1 heterocycles. The van der Waals surface area contributed by atoms with Crippen molar-refractivity contribution in [2.45, 2.75) is 26.8 Å². The lowest BCUT2D eigenvalue weighted by atomic mass is 9.95. The average Bonchev–Trinajstić information content (AvgIpc) is 2.35. The molecule has 0 radical (unpaired) electrons. The van der Waals surface area contributed by atoms with E-state index >= 15 is 0 Å². The van der Waals surface area contributed by atoms with Crippen LogP contribution in [0.2, 0.25) is 0 Å². The van der Waals surface area contributed by atoms with Crippen molar-refractivity contribution in [2.75, 3.05) is 6.54 Å². The molecule has 1 aromatic carbocycles. The van der Waals surface area contributed by atoms with Crippen LogP contribution in [0, 0.1) is 5.92 Å². The molecule has 0 aliphatic carbocycles. The van der Waals surface area contributed by atoms with Crippen molar-refractivity contribution in [1.29, 1.82) is 0 Å². The van der Waals surface area contributed by atoms with Gasteiger partial charge in [0.2, 0.25) is 0 Å². The molecule has 0 saturated carbocycles. The number of pyridine rings is 1. The second kappa shape index (κ2) is 5.28. The molecule has 2 heteroatoms. The standard InChI is InChI=1S/C15H20N2/c1-4-16-15(11(2)3)13-8-7-12-6-5-9-17-14(12)10-13/h5-11,15-16H,4H2,1-3H3. The third kappa shape index (κ3) is 2.64. The molecule has 1 N–H and O–H groups in total. The van der Waals surface area contributed by atoms with Crippen molar-refractivity contribution in [3.63, 3.8) is 0 Å². The van der Waals surface area contributed by atoms with Gasteiger partial charge in [0.1, 0.15) is 0 Å². The molecule has 1 atom stereocenters. The molecule has 1 unspecified atom stereocenters. The summed E-state index contributed by atoms with van der Waals surface area (Å²) in [4.78, 5) is 4.42. The first kappa shape index (κ1) is 12.1. The highest BCUT2D eigenvalue weighted by Crippen LogP contribution is 2.24. The Morgan fingerprint density at radius 3 is 2.76 bits per heavy atom. The van der Waals surface area contributed by atoms with Gasteiger partial charge in [0.25, 0.3) is 0 Å². The summed E-state index contributed by atoms with van der Waals surface area (Å²) in [6.07, 6.45) is 1.85. The monoisotopic (exact) mass is 228 g/mol. The second-order valence-corrected chi connectivity index (χ2v) is 4.73. The lowest BCUT2D eigenvalue weighted by molar-refractivity contribution is 0.422. The Balaban J connectivity index is 2.40. The molecule has 0 aliphatic rings. The van der Waals surface area contributed by atoms with Gasteiger partial charge in [-0.05, 0) is 30.2 Å². The minimum atomic E-state index is 0.409. The molecule has 1 aromatic heterocycles. The summed E-state index contributed by atoms with van der Waals surface area (Å²) in [7, 11) is 0. The maximum Gasteiger partial charge on any atom is 0.0705 e. The van der Waals surface area contributed by atoms with E-state index in [2.05, 4.69) is 55.3 Å². The van der Waals surface area contributed by atoms with Crippen LogP contribution in [0.1, 0.15) is 32.4 Å². The molecule has 90 valence electrons. The molecule has 0 saturated heterocycles. The maximum absolute atomic E-state index is 4.42. The summed E-state index contributed by atoms with van der Waals surface area (Å²) in [6, 6.07) is 11.0. The predicted molar refractivity (Wildman–Crippen MR) is 73.0 cm³/mol. The quantitative estimate of drug-likeness (QED) is 0.865. The van der Waals surface area contributed by atoms with Gasteiger partial charge in [0, 0.05) is 17.6 Å². The molecule has 0 aliphatic heterocycles. The molecule has 2 aromatic rings. The van der Waals surface area contributed by atoms with E-state index in [-0.39, 0.29) is 0 Å². The van der Waals surface area contributed by atoms with Crippen molar-refractivity contribution < 1.29 is 0 Å². The molecule has 2 nitrogen and oxygen atoms in total. The summed E-state index contributed by atoms with van der Waals surface area (Å²) < 4.78 is 0. The summed E-state index contributed by atoms with van der Waals surface area (Å²) in [5.41, 5.74) is 2.40. The van der Waals surface area contributed by atoms with Gasteiger partial charge in [-0.3, -0.25) is 4.98 Å². The number of nitrogens with one attached hydrogen (secondary N) is 1. The van der Waals surface area contributed by atoms with Gasteiger partial charge < -0.3 is 5.32 Å². The maximum atomic E-state index is 4.42. The van der Waals surface area contributed by atoms with E-state index in [4.69, 9.17) is 0 Å². The van der Waals surface area contributed by atoms with Crippen LogP contribution >= 0.6 is 0 Å². The third-order valence-corrected chi connectivity index (χ3v) is 3.08. The number of rotatable bonds is 4. The van der Waals surface area contributed by atoms with Crippen LogP contribution < -0.4 is 5.32 Å². The zero-order valence-electron chi connectivity index (χ0n) is 10.8. The fourth-order valence-corrected chi connectivity index (χ4v) is 2.24. The van der Waals surface area contributed by atoms with Gasteiger partial charge >= 0.3 is 0 Å². The van der Waals surface area contributed by atoms with E-state index in [1.165, 1.54) is 10.9 Å². The van der Waals surface area contributed by atoms with Gasteiger partial charge in [-0.25, -0.2) is 0 Å². The van der Waals surface area contributed by atoms with E-state index < -0.39 is 0 Å². The summed E-state index contributed by atoms with van der Waals surface area (Å²) in [5, 5.41) is 4.74. The molecule has 0 fully saturated rings. The zero-order valence-corrected chi connectivity index (χ0v) is 10.8. The van der Waals surface area contributed by atoms with Crippen molar-refractivity contribution in [2.24, 2.45) is 5.92 Å². The normalized spacial score (nSPS) is 13.2. The molecule has 0 spiro atoms. The lowest BCUT2D eigenvalue weighted by Gasteiger charge is -2.22. The van der Waals surface area contributed by atoms with Crippen LogP contribution in [-0.2, 0) is 0 Å². The predicted octanol–water partition coefficient (Wildman–Crippen LogP) is 3.54. The average molecular weight is 228 g/mol. The molecular formula is C15H20N2. The first-order chi connectivity index (χ1) is 8.22. The summed E-state index contributed by atoms with van der Waals surface area (Å²) >= 11 is 0. The highest BCUT2D eigenvalue weighted by Gasteiger charge is 2.14. The van der Waals surface area contributed by atoms with Crippen LogP contribution in [0.25, 0.3) is 10.9 Å². The topological polar surface area (TPSA) is 24.9 Å². The first-order valence-electron chi connectivity index (χ1n) is 6.30. The number of aromatic nitrogens is 1. The number of hydrogen-bond acceptors (Lipinski definition) is 2. The van der Waals surface area contributed by atoms with E-state index in [1.54, 1.807) is 0 Å². The Hall–Kier alpha value is -1.41. The lowest BCUT2D eigenvalue weighted by Crippen LogP contribution is -2.25. The number of hydrogen-bond donors (Lipinski definition) is 1. The van der Waals surface area contributed by atoms with Gasteiger partial charge in [-0.2, -0.15) is 0 Å². The fraction of sp³-hybridized carbons (Fsp3) is 0.400. The second-order valence-electron chi connectivity index (χ2n) is 4.73. The Bertz CT molecular complexity index is 491.